The molecule has 0 amide bonds. The van der Waals surface area contributed by atoms with E-state index in [9.17, 15) is 4.79 Å². The molecule has 1 heterocycles. The highest BCUT2D eigenvalue weighted by atomic mass is 32.2. The number of oxazole rings is 1. The first-order valence-electron chi connectivity index (χ1n) is 6.89. The minimum absolute atomic E-state index is 0.0902. The summed E-state index contributed by atoms with van der Waals surface area (Å²) < 4.78 is 10.7. The Hall–Kier alpha value is -1.75. The van der Waals surface area contributed by atoms with E-state index in [0.717, 1.165) is 5.56 Å². The first kappa shape index (κ1) is 15.6. The summed E-state index contributed by atoms with van der Waals surface area (Å²) in [6.07, 6.45) is 2.02. The lowest BCUT2D eigenvalue weighted by Crippen LogP contribution is -2.07. The minimum Gasteiger partial charge on any atom is -0.460 e. The third-order valence-corrected chi connectivity index (χ3v) is 3.74. The molecule has 0 fully saturated rings. The van der Waals surface area contributed by atoms with E-state index in [1.54, 1.807) is 18.7 Å². The van der Waals surface area contributed by atoms with Gasteiger partial charge in [-0.1, -0.05) is 13.8 Å². The van der Waals surface area contributed by atoms with Gasteiger partial charge in [-0.3, -0.25) is 0 Å². The summed E-state index contributed by atoms with van der Waals surface area (Å²) in [5.74, 6) is 0.290. The molecule has 0 bridgehead atoms. The van der Waals surface area contributed by atoms with Crippen molar-refractivity contribution in [3.8, 4) is 11.5 Å². The molecule has 0 saturated carbocycles. The van der Waals surface area contributed by atoms with Crippen LogP contribution in [0.5, 0.6) is 0 Å². The molecule has 2 rings (SSSR count). The molecule has 0 atom stereocenters. The summed E-state index contributed by atoms with van der Waals surface area (Å²) in [6.45, 7) is 6.03. The Morgan fingerprint density at radius 3 is 2.52 bits per heavy atom. The standard InChI is InChI=1S/C16H19NO3S/c1-5-19-16(18)14-13(10(2)3)17-15(20-14)11-6-8-12(21-4)9-7-11/h6-10H,5H2,1-4H3. The second-order valence-electron chi connectivity index (χ2n) is 4.84. The van der Waals surface area contributed by atoms with Crippen LogP contribution in [-0.2, 0) is 4.74 Å². The lowest BCUT2D eigenvalue weighted by Gasteiger charge is -2.02. The van der Waals surface area contributed by atoms with E-state index >= 15 is 0 Å². The van der Waals surface area contributed by atoms with Gasteiger partial charge in [-0.15, -0.1) is 11.8 Å². The Morgan fingerprint density at radius 1 is 1.33 bits per heavy atom. The van der Waals surface area contributed by atoms with E-state index in [1.165, 1.54) is 4.90 Å². The quantitative estimate of drug-likeness (QED) is 0.606. The molecule has 0 aliphatic rings. The normalized spacial score (nSPS) is 10.9. The van der Waals surface area contributed by atoms with Gasteiger partial charge in [0.05, 0.1) is 12.3 Å². The summed E-state index contributed by atoms with van der Waals surface area (Å²) in [4.78, 5) is 17.6. The highest BCUT2D eigenvalue weighted by molar-refractivity contribution is 7.98. The number of carbonyl (C=O) groups is 1. The van der Waals surface area contributed by atoms with Crippen molar-refractivity contribution < 1.29 is 13.9 Å². The van der Waals surface area contributed by atoms with E-state index in [-0.39, 0.29) is 11.7 Å². The molecule has 5 heteroatoms. The molecule has 0 saturated heterocycles. The Bertz CT molecular complexity index is 617. The monoisotopic (exact) mass is 305 g/mol. The van der Waals surface area contributed by atoms with Crippen LogP contribution in [0.3, 0.4) is 0 Å². The lowest BCUT2D eigenvalue weighted by atomic mass is 10.1. The van der Waals surface area contributed by atoms with Gasteiger partial charge in [0, 0.05) is 10.5 Å². The average molecular weight is 305 g/mol. The van der Waals surface area contributed by atoms with Gasteiger partial charge in [0.1, 0.15) is 0 Å². The Kier molecular flexibility index (Phi) is 5.07. The van der Waals surface area contributed by atoms with Crippen LogP contribution in [0, 0.1) is 0 Å². The number of hydrogen-bond donors (Lipinski definition) is 0. The predicted octanol–water partition coefficient (Wildman–Crippen LogP) is 4.36. The van der Waals surface area contributed by atoms with Crippen molar-refractivity contribution in [2.75, 3.05) is 12.9 Å². The van der Waals surface area contributed by atoms with Crippen LogP contribution >= 0.6 is 11.8 Å². The van der Waals surface area contributed by atoms with Crippen molar-refractivity contribution in [2.45, 2.75) is 31.6 Å². The maximum absolute atomic E-state index is 12.0. The van der Waals surface area contributed by atoms with Crippen molar-refractivity contribution in [3.05, 3.63) is 35.7 Å². The lowest BCUT2D eigenvalue weighted by molar-refractivity contribution is 0.0488. The molecule has 0 unspecified atom stereocenters. The number of rotatable bonds is 5. The second kappa shape index (κ2) is 6.80. The van der Waals surface area contributed by atoms with E-state index < -0.39 is 5.97 Å². The molecule has 21 heavy (non-hydrogen) atoms. The highest BCUT2D eigenvalue weighted by Crippen LogP contribution is 2.28. The van der Waals surface area contributed by atoms with Gasteiger partial charge in [-0.05, 0) is 43.4 Å². The van der Waals surface area contributed by atoms with Crippen LogP contribution in [-0.4, -0.2) is 23.8 Å². The van der Waals surface area contributed by atoms with Crippen molar-refractivity contribution in [2.24, 2.45) is 0 Å². The van der Waals surface area contributed by atoms with Gasteiger partial charge in [-0.25, -0.2) is 9.78 Å². The van der Waals surface area contributed by atoms with E-state index in [0.29, 0.717) is 18.2 Å². The van der Waals surface area contributed by atoms with Crippen LogP contribution in [0.15, 0.2) is 33.6 Å². The van der Waals surface area contributed by atoms with Gasteiger partial charge < -0.3 is 9.15 Å². The van der Waals surface area contributed by atoms with Gasteiger partial charge in [0.2, 0.25) is 11.7 Å². The van der Waals surface area contributed by atoms with E-state index in [4.69, 9.17) is 9.15 Å². The maximum Gasteiger partial charge on any atom is 0.376 e. The van der Waals surface area contributed by atoms with Crippen LogP contribution in [0.25, 0.3) is 11.5 Å². The van der Waals surface area contributed by atoms with Crippen LogP contribution in [0.1, 0.15) is 42.9 Å². The number of aromatic nitrogens is 1. The summed E-state index contributed by atoms with van der Waals surface area (Å²) in [5, 5.41) is 0. The van der Waals surface area contributed by atoms with Crippen molar-refractivity contribution in [3.63, 3.8) is 0 Å². The second-order valence-corrected chi connectivity index (χ2v) is 5.72. The van der Waals surface area contributed by atoms with Crippen LogP contribution in [0.4, 0.5) is 0 Å². The largest absolute Gasteiger partial charge is 0.460 e. The van der Waals surface area contributed by atoms with Gasteiger partial charge >= 0.3 is 5.97 Å². The summed E-state index contributed by atoms with van der Waals surface area (Å²) in [7, 11) is 0. The molecule has 1 aromatic heterocycles. The Morgan fingerprint density at radius 2 is 2.00 bits per heavy atom. The zero-order valence-corrected chi connectivity index (χ0v) is 13.5. The zero-order valence-electron chi connectivity index (χ0n) is 12.7. The van der Waals surface area contributed by atoms with Crippen molar-refractivity contribution in [1.82, 2.24) is 4.98 Å². The van der Waals surface area contributed by atoms with Gasteiger partial charge in [0.25, 0.3) is 0 Å². The molecule has 0 aliphatic heterocycles. The van der Waals surface area contributed by atoms with Crippen molar-refractivity contribution >= 4 is 17.7 Å². The van der Waals surface area contributed by atoms with E-state index in [1.807, 2.05) is 44.4 Å². The first-order valence-corrected chi connectivity index (χ1v) is 8.11. The number of thioether (sulfide) groups is 1. The smallest absolute Gasteiger partial charge is 0.376 e. The average Bonchev–Trinajstić information content (AvgIpc) is 2.93. The molecular weight excluding hydrogens is 286 g/mol. The predicted molar refractivity (Wildman–Crippen MR) is 83.8 cm³/mol. The number of nitrogens with zero attached hydrogens (tertiary/aromatic N) is 1. The molecule has 0 radical (unpaired) electrons. The summed E-state index contributed by atoms with van der Waals surface area (Å²) in [6, 6.07) is 7.89. The molecule has 0 spiro atoms. The van der Waals surface area contributed by atoms with Crippen LogP contribution in [0.2, 0.25) is 0 Å². The Balaban J connectivity index is 2.40. The fourth-order valence-electron chi connectivity index (χ4n) is 1.92. The van der Waals surface area contributed by atoms with Gasteiger partial charge in [0.15, 0.2) is 0 Å². The molecule has 1 aromatic carbocycles. The topological polar surface area (TPSA) is 52.3 Å². The Labute approximate surface area is 128 Å². The third kappa shape index (κ3) is 3.47. The highest BCUT2D eigenvalue weighted by Gasteiger charge is 2.23. The maximum atomic E-state index is 12.0. The van der Waals surface area contributed by atoms with Gasteiger partial charge in [-0.2, -0.15) is 0 Å². The SMILES string of the molecule is CCOC(=O)c1oc(-c2ccc(SC)cc2)nc1C(C)C. The number of esters is 1. The fourth-order valence-corrected chi connectivity index (χ4v) is 2.33. The summed E-state index contributed by atoms with van der Waals surface area (Å²) in [5.41, 5.74) is 1.49. The molecule has 2 aromatic rings. The molecular formula is C16H19NO3S. The first-order chi connectivity index (χ1) is 10.1. The minimum atomic E-state index is -0.458. The number of ether oxygens (including phenoxy) is 1. The number of hydrogen-bond acceptors (Lipinski definition) is 5. The van der Waals surface area contributed by atoms with E-state index in [2.05, 4.69) is 4.98 Å². The molecule has 0 N–H and O–H groups in total. The number of benzene rings is 1. The van der Waals surface area contributed by atoms with Crippen molar-refractivity contribution in [1.29, 1.82) is 0 Å². The zero-order chi connectivity index (χ0) is 15.4. The van der Waals surface area contributed by atoms with Crippen LogP contribution < -0.4 is 0 Å². The number of carbonyl (C=O) groups excluding carboxylic acids is 1. The summed E-state index contributed by atoms with van der Waals surface area (Å²) >= 11 is 1.67. The molecule has 0 aliphatic carbocycles. The fraction of sp³-hybridized carbons (Fsp3) is 0.375. The molecule has 4 nitrogen and oxygen atoms in total. The molecule has 112 valence electrons. The third-order valence-electron chi connectivity index (χ3n) is 3.00.